The van der Waals surface area contributed by atoms with Gasteiger partial charge in [-0.2, -0.15) is 0 Å². The molecular weight excluding hydrogens is 370 g/mol. The second-order valence-electron chi connectivity index (χ2n) is 7.19. The van der Waals surface area contributed by atoms with E-state index in [4.69, 9.17) is 0 Å². The molecule has 0 aliphatic carbocycles. The summed E-state index contributed by atoms with van der Waals surface area (Å²) in [5.74, 6) is -0.865. The van der Waals surface area contributed by atoms with Crippen LogP contribution in [-0.2, 0) is 14.4 Å². The number of hydrogen-bond acceptors (Lipinski definition) is 6. The molecule has 0 fully saturated rings. The van der Waals surface area contributed by atoms with Gasteiger partial charge < -0.3 is 10.2 Å². The van der Waals surface area contributed by atoms with Crippen molar-refractivity contribution in [3.8, 4) is 11.3 Å². The summed E-state index contributed by atoms with van der Waals surface area (Å²) in [6, 6.07) is 7.46. The van der Waals surface area contributed by atoms with E-state index in [9.17, 15) is 14.4 Å². The quantitative estimate of drug-likeness (QED) is 0.798. The molecule has 8 heteroatoms. The van der Waals surface area contributed by atoms with Gasteiger partial charge in [0.1, 0.15) is 5.70 Å². The highest BCUT2D eigenvalue weighted by molar-refractivity contribution is 6.19. The first kappa shape index (κ1) is 18.8. The van der Waals surface area contributed by atoms with E-state index in [1.807, 2.05) is 25.1 Å². The second-order valence-corrected chi connectivity index (χ2v) is 7.19. The lowest BCUT2D eigenvalue weighted by molar-refractivity contribution is -0.136. The van der Waals surface area contributed by atoms with E-state index in [0.717, 1.165) is 28.3 Å². The van der Waals surface area contributed by atoms with Crippen LogP contribution in [0.3, 0.4) is 0 Å². The summed E-state index contributed by atoms with van der Waals surface area (Å²) in [7, 11) is 1.47. The lowest BCUT2D eigenvalue weighted by atomic mass is 10.0. The van der Waals surface area contributed by atoms with Crippen LogP contribution in [0.2, 0.25) is 0 Å². The van der Waals surface area contributed by atoms with Gasteiger partial charge in [-0.05, 0) is 44.0 Å². The number of amides is 3. The molecule has 1 N–H and O–H groups in total. The number of aryl methyl sites for hydroxylation is 1. The summed E-state index contributed by atoms with van der Waals surface area (Å²) < 4.78 is 0. The van der Waals surface area contributed by atoms with Crippen LogP contribution in [0.15, 0.2) is 47.9 Å². The Hall–Kier alpha value is -3.55. The van der Waals surface area contributed by atoms with Crippen molar-refractivity contribution in [2.45, 2.75) is 19.8 Å². The Labute approximate surface area is 168 Å². The molecule has 0 saturated heterocycles. The molecule has 2 aromatic heterocycles. The average molecular weight is 391 g/mol. The Morgan fingerprint density at radius 3 is 2.62 bits per heavy atom. The van der Waals surface area contributed by atoms with Gasteiger partial charge in [0.25, 0.3) is 11.8 Å². The van der Waals surface area contributed by atoms with Crippen LogP contribution in [0, 0.1) is 6.92 Å². The highest BCUT2D eigenvalue weighted by Crippen LogP contribution is 2.30. The minimum Gasteiger partial charge on any atom is -0.357 e. The number of carbonyl (C=O) groups is 3. The minimum absolute atomic E-state index is 0.00925. The molecule has 0 aromatic carbocycles. The predicted molar refractivity (Wildman–Crippen MR) is 106 cm³/mol. The van der Waals surface area contributed by atoms with E-state index in [0.29, 0.717) is 29.9 Å². The predicted octanol–water partition coefficient (Wildman–Crippen LogP) is 1.74. The zero-order valence-corrected chi connectivity index (χ0v) is 16.3. The number of likely N-dealkylation sites (N-methyl/N-ethyl adjacent to an activating group) is 1. The van der Waals surface area contributed by atoms with Crippen molar-refractivity contribution in [1.82, 2.24) is 19.8 Å². The van der Waals surface area contributed by atoms with Gasteiger partial charge in [-0.25, -0.2) is 0 Å². The summed E-state index contributed by atoms with van der Waals surface area (Å²) in [4.78, 5) is 48.5. The normalized spacial score (nSPS) is 16.3. The van der Waals surface area contributed by atoms with Gasteiger partial charge in [-0.3, -0.25) is 29.3 Å². The van der Waals surface area contributed by atoms with Crippen LogP contribution in [0.1, 0.15) is 18.5 Å². The number of anilines is 1. The Kier molecular flexibility index (Phi) is 4.84. The molecule has 8 nitrogen and oxygen atoms in total. The SMILES string of the molecule is Cc1ccc(-c2ccc(NC(=O)CN3CCCC4=C3C(=O)N(C)C4=O)cn2)cn1. The van der Waals surface area contributed by atoms with Crippen LogP contribution in [0.5, 0.6) is 0 Å². The van der Waals surface area contributed by atoms with E-state index in [1.165, 1.54) is 7.05 Å². The molecule has 3 amide bonds. The summed E-state index contributed by atoms with van der Waals surface area (Å²) in [5.41, 5.74) is 4.03. The van der Waals surface area contributed by atoms with Crippen LogP contribution >= 0.6 is 0 Å². The van der Waals surface area contributed by atoms with Crippen molar-refractivity contribution in [3.05, 3.63) is 53.6 Å². The van der Waals surface area contributed by atoms with Crippen molar-refractivity contribution in [2.24, 2.45) is 0 Å². The van der Waals surface area contributed by atoms with E-state index in [1.54, 1.807) is 23.4 Å². The van der Waals surface area contributed by atoms with Gasteiger partial charge in [0.05, 0.1) is 24.1 Å². The standard InChI is InChI=1S/C21H21N5O3/c1-13-5-6-14(10-22-13)17-8-7-15(11-23-17)24-18(27)12-26-9-3-4-16-19(26)21(29)25(2)20(16)28/h5-8,10-11H,3-4,9,12H2,1-2H3,(H,24,27). The molecule has 4 heterocycles. The third-order valence-electron chi connectivity index (χ3n) is 5.12. The van der Waals surface area contributed by atoms with Crippen LogP contribution < -0.4 is 5.32 Å². The third kappa shape index (κ3) is 3.61. The first-order chi connectivity index (χ1) is 13.9. The molecule has 0 radical (unpaired) electrons. The first-order valence-electron chi connectivity index (χ1n) is 9.43. The summed E-state index contributed by atoms with van der Waals surface area (Å²) in [5, 5.41) is 2.80. The van der Waals surface area contributed by atoms with Gasteiger partial charge in [0, 0.05) is 36.6 Å². The fourth-order valence-electron chi connectivity index (χ4n) is 3.58. The van der Waals surface area contributed by atoms with Crippen molar-refractivity contribution >= 4 is 23.4 Å². The third-order valence-corrected chi connectivity index (χ3v) is 5.12. The number of hydrogen-bond donors (Lipinski definition) is 1. The fourth-order valence-corrected chi connectivity index (χ4v) is 3.58. The van der Waals surface area contributed by atoms with E-state index >= 15 is 0 Å². The molecule has 0 unspecified atom stereocenters. The van der Waals surface area contributed by atoms with Crippen LogP contribution in [0.25, 0.3) is 11.3 Å². The van der Waals surface area contributed by atoms with E-state index < -0.39 is 0 Å². The number of imide groups is 1. The molecule has 2 aromatic rings. The molecule has 29 heavy (non-hydrogen) atoms. The smallest absolute Gasteiger partial charge is 0.277 e. The molecule has 4 rings (SSSR count). The lowest BCUT2D eigenvalue weighted by Gasteiger charge is -2.28. The Balaban J connectivity index is 1.43. The lowest BCUT2D eigenvalue weighted by Crippen LogP contribution is -2.38. The maximum Gasteiger partial charge on any atom is 0.277 e. The maximum absolute atomic E-state index is 12.5. The van der Waals surface area contributed by atoms with Crippen molar-refractivity contribution in [2.75, 3.05) is 25.5 Å². The second kappa shape index (κ2) is 7.46. The van der Waals surface area contributed by atoms with Crippen molar-refractivity contribution in [3.63, 3.8) is 0 Å². The fraction of sp³-hybridized carbons (Fsp3) is 0.286. The first-order valence-corrected chi connectivity index (χ1v) is 9.43. The van der Waals surface area contributed by atoms with Crippen molar-refractivity contribution in [1.29, 1.82) is 0 Å². The number of pyridine rings is 2. The highest BCUT2D eigenvalue weighted by Gasteiger charge is 2.40. The highest BCUT2D eigenvalue weighted by atomic mass is 16.2. The summed E-state index contributed by atoms with van der Waals surface area (Å²) in [6.45, 7) is 2.50. The zero-order chi connectivity index (χ0) is 20.5. The van der Waals surface area contributed by atoms with Crippen molar-refractivity contribution < 1.29 is 14.4 Å². The van der Waals surface area contributed by atoms with Gasteiger partial charge in [-0.15, -0.1) is 0 Å². The summed E-state index contributed by atoms with van der Waals surface area (Å²) >= 11 is 0. The Bertz CT molecular complexity index is 1010. The number of carbonyl (C=O) groups excluding carboxylic acids is 3. The molecule has 0 bridgehead atoms. The van der Waals surface area contributed by atoms with Gasteiger partial charge in [0.15, 0.2) is 0 Å². The molecule has 2 aliphatic heterocycles. The zero-order valence-electron chi connectivity index (χ0n) is 16.3. The average Bonchev–Trinajstić information content (AvgIpc) is 2.94. The monoisotopic (exact) mass is 391 g/mol. The maximum atomic E-state index is 12.5. The molecular formula is C21H21N5O3. The van der Waals surface area contributed by atoms with E-state index in [2.05, 4.69) is 15.3 Å². The van der Waals surface area contributed by atoms with Gasteiger partial charge in [0.2, 0.25) is 5.91 Å². The molecule has 2 aliphatic rings. The Morgan fingerprint density at radius 1 is 1.10 bits per heavy atom. The number of nitrogens with zero attached hydrogens (tertiary/aromatic N) is 4. The van der Waals surface area contributed by atoms with Gasteiger partial charge in [-0.1, -0.05) is 0 Å². The molecule has 0 atom stereocenters. The number of nitrogens with one attached hydrogen (secondary N) is 1. The minimum atomic E-state index is -0.338. The summed E-state index contributed by atoms with van der Waals surface area (Å²) in [6.07, 6.45) is 4.65. The number of rotatable bonds is 4. The number of aromatic nitrogens is 2. The van der Waals surface area contributed by atoms with E-state index in [-0.39, 0.29) is 24.3 Å². The largest absolute Gasteiger partial charge is 0.357 e. The topological polar surface area (TPSA) is 95.5 Å². The molecule has 0 saturated carbocycles. The molecule has 148 valence electrons. The molecule has 0 spiro atoms. The van der Waals surface area contributed by atoms with Gasteiger partial charge >= 0.3 is 0 Å². The van der Waals surface area contributed by atoms with Crippen LogP contribution in [-0.4, -0.2) is 57.6 Å². The Morgan fingerprint density at radius 2 is 1.93 bits per heavy atom. The van der Waals surface area contributed by atoms with Crippen LogP contribution in [0.4, 0.5) is 5.69 Å².